The summed E-state index contributed by atoms with van der Waals surface area (Å²) < 4.78 is 26.4. The minimum Gasteiger partial charge on any atom is -0.392 e. The summed E-state index contributed by atoms with van der Waals surface area (Å²) in [5.41, 5.74) is 5.58. The van der Waals surface area contributed by atoms with Gasteiger partial charge in [-0.25, -0.2) is 13.1 Å². The summed E-state index contributed by atoms with van der Waals surface area (Å²) in [4.78, 5) is 0.0183. The maximum atomic E-state index is 11.9. The van der Waals surface area contributed by atoms with Crippen LogP contribution in [0.2, 0.25) is 0 Å². The standard InChI is InChI=1S/C10H20N2O2S2/c1-7(9(11)15)16(13,14)12-8-4-5-10(2,3)6-8/h7-8,12H,4-6H2,1-3H3,(H2,11,15). The Morgan fingerprint density at radius 1 is 1.56 bits per heavy atom. The number of rotatable bonds is 4. The lowest BCUT2D eigenvalue weighted by Crippen LogP contribution is -2.44. The molecule has 0 aromatic carbocycles. The van der Waals surface area contributed by atoms with E-state index in [0.717, 1.165) is 19.3 Å². The highest BCUT2D eigenvalue weighted by Gasteiger charge is 2.35. The van der Waals surface area contributed by atoms with Gasteiger partial charge in [0.05, 0.1) is 4.99 Å². The van der Waals surface area contributed by atoms with Crippen LogP contribution in [-0.4, -0.2) is 24.7 Å². The lowest BCUT2D eigenvalue weighted by Gasteiger charge is -2.19. The molecule has 1 fully saturated rings. The second-order valence-electron chi connectivity index (χ2n) is 5.31. The van der Waals surface area contributed by atoms with Crippen LogP contribution in [0.15, 0.2) is 0 Å². The highest BCUT2D eigenvalue weighted by atomic mass is 32.2. The van der Waals surface area contributed by atoms with E-state index in [2.05, 4.69) is 18.6 Å². The van der Waals surface area contributed by atoms with Crippen molar-refractivity contribution in [3.05, 3.63) is 0 Å². The summed E-state index contributed by atoms with van der Waals surface area (Å²) in [6.45, 7) is 5.82. The second kappa shape index (κ2) is 4.58. The minimum atomic E-state index is -3.41. The highest BCUT2D eigenvalue weighted by Crippen LogP contribution is 2.37. The van der Waals surface area contributed by atoms with Gasteiger partial charge in [0, 0.05) is 6.04 Å². The van der Waals surface area contributed by atoms with Crippen LogP contribution in [0.5, 0.6) is 0 Å². The Hall–Kier alpha value is -0.200. The Labute approximate surface area is 103 Å². The van der Waals surface area contributed by atoms with Crippen molar-refractivity contribution in [3.63, 3.8) is 0 Å². The molecule has 0 aromatic heterocycles. The minimum absolute atomic E-state index is 0.0183. The maximum Gasteiger partial charge on any atom is 0.220 e. The van der Waals surface area contributed by atoms with Gasteiger partial charge >= 0.3 is 0 Å². The second-order valence-corrected chi connectivity index (χ2v) is 7.82. The molecule has 0 saturated heterocycles. The molecule has 4 nitrogen and oxygen atoms in total. The van der Waals surface area contributed by atoms with E-state index in [-0.39, 0.29) is 16.4 Å². The van der Waals surface area contributed by atoms with Gasteiger partial charge in [0.25, 0.3) is 0 Å². The third kappa shape index (κ3) is 3.40. The zero-order valence-electron chi connectivity index (χ0n) is 9.99. The Kier molecular flexibility index (Phi) is 3.97. The van der Waals surface area contributed by atoms with Gasteiger partial charge in [-0.2, -0.15) is 0 Å². The lowest BCUT2D eigenvalue weighted by molar-refractivity contribution is 0.372. The molecule has 0 bridgehead atoms. The Morgan fingerprint density at radius 3 is 2.50 bits per heavy atom. The molecule has 1 rings (SSSR count). The van der Waals surface area contributed by atoms with Crippen LogP contribution in [0.3, 0.4) is 0 Å². The summed E-state index contributed by atoms with van der Waals surface area (Å²) >= 11 is 4.71. The molecule has 16 heavy (non-hydrogen) atoms. The number of sulfonamides is 1. The molecule has 0 aliphatic heterocycles. The zero-order chi connectivity index (χ0) is 12.6. The maximum absolute atomic E-state index is 11.9. The van der Waals surface area contributed by atoms with Gasteiger partial charge in [-0.05, 0) is 31.6 Å². The van der Waals surface area contributed by atoms with Crippen LogP contribution in [0.1, 0.15) is 40.0 Å². The molecule has 1 saturated carbocycles. The van der Waals surface area contributed by atoms with Crippen LogP contribution in [0, 0.1) is 5.41 Å². The van der Waals surface area contributed by atoms with Gasteiger partial charge in [-0.3, -0.25) is 0 Å². The molecule has 0 spiro atoms. The van der Waals surface area contributed by atoms with E-state index < -0.39 is 15.3 Å². The van der Waals surface area contributed by atoms with Crippen molar-refractivity contribution in [2.45, 2.75) is 51.3 Å². The van der Waals surface area contributed by atoms with Crippen molar-refractivity contribution in [3.8, 4) is 0 Å². The Bertz CT molecular complexity index is 376. The number of thiocarbonyl (C=S) groups is 1. The topological polar surface area (TPSA) is 72.2 Å². The van der Waals surface area contributed by atoms with Crippen molar-refractivity contribution in [1.82, 2.24) is 4.72 Å². The summed E-state index contributed by atoms with van der Waals surface area (Å²) in [7, 11) is -3.41. The predicted molar refractivity (Wildman–Crippen MR) is 69.7 cm³/mol. The molecule has 3 N–H and O–H groups in total. The van der Waals surface area contributed by atoms with Crippen LogP contribution in [0.4, 0.5) is 0 Å². The fraction of sp³-hybridized carbons (Fsp3) is 0.900. The summed E-state index contributed by atoms with van der Waals surface area (Å²) in [5, 5.41) is -0.800. The molecule has 2 unspecified atom stereocenters. The molecule has 1 aliphatic carbocycles. The first-order valence-electron chi connectivity index (χ1n) is 5.44. The van der Waals surface area contributed by atoms with E-state index >= 15 is 0 Å². The quantitative estimate of drug-likeness (QED) is 0.747. The van der Waals surface area contributed by atoms with Crippen LogP contribution >= 0.6 is 12.2 Å². The molecule has 0 radical (unpaired) electrons. The van der Waals surface area contributed by atoms with Crippen LogP contribution in [0.25, 0.3) is 0 Å². The van der Waals surface area contributed by atoms with Gasteiger partial charge in [0.1, 0.15) is 5.25 Å². The van der Waals surface area contributed by atoms with E-state index in [4.69, 9.17) is 18.0 Å². The molecule has 1 aliphatic rings. The average Bonchev–Trinajstić information content (AvgIpc) is 2.43. The average molecular weight is 264 g/mol. The fourth-order valence-corrected chi connectivity index (χ4v) is 3.58. The Balaban J connectivity index is 2.65. The third-order valence-electron chi connectivity index (χ3n) is 3.17. The third-order valence-corrected chi connectivity index (χ3v) is 5.52. The van der Waals surface area contributed by atoms with Crippen molar-refractivity contribution in [1.29, 1.82) is 0 Å². The van der Waals surface area contributed by atoms with E-state index in [1.54, 1.807) is 0 Å². The van der Waals surface area contributed by atoms with Gasteiger partial charge in [-0.15, -0.1) is 0 Å². The molecule has 0 heterocycles. The van der Waals surface area contributed by atoms with Crippen LogP contribution < -0.4 is 10.5 Å². The number of nitrogens with two attached hydrogens (primary N) is 1. The lowest BCUT2D eigenvalue weighted by atomic mass is 9.92. The SMILES string of the molecule is CC(C(N)=S)S(=O)(=O)NC1CCC(C)(C)C1. The molecule has 94 valence electrons. The largest absolute Gasteiger partial charge is 0.392 e. The fourth-order valence-electron chi connectivity index (χ4n) is 2.02. The molecule has 0 aromatic rings. The molecule has 0 amide bonds. The van der Waals surface area contributed by atoms with E-state index in [1.165, 1.54) is 6.92 Å². The number of hydrogen-bond donors (Lipinski definition) is 2. The summed E-state index contributed by atoms with van der Waals surface area (Å²) in [6.07, 6.45) is 2.80. The van der Waals surface area contributed by atoms with E-state index in [0.29, 0.717) is 0 Å². The van der Waals surface area contributed by atoms with Crippen molar-refractivity contribution in [2.24, 2.45) is 11.1 Å². The highest BCUT2D eigenvalue weighted by molar-refractivity contribution is 7.93. The zero-order valence-corrected chi connectivity index (χ0v) is 11.6. The number of nitrogens with one attached hydrogen (secondary N) is 1. The summed E-state index contributed by atoms with van der Waals surface area (Å²) in [5.74, 6) is 0. The monoisotopic (exact) mass is 264 g/mol. The molecule has 2 atom stereocenters. The number of hydrogen-bond acceptors (Lipinski definition) is 3. The van der Waals surface area contributed by atoms with Crippen molar-refractivity contribution >= 4 is 27.2 Å². The Morgan fingerprint density at radius 2 is 2.12 bits per heavy atom. The molecule has 6 heteroatoms. The van der Waals surface area contributed by atoms with Gasteiger partial charge in [-0.1, -0.05) is 26.1 Å². The molecular weight excluding hydrogens is 244 g/mol. The van der Waals surface area contributed by atoms with E-state index in [1.807, 2.05) is 0 Å². The summed E-state index contributed by atoms with van der Waals surface area (Å²) in [6, 6.07) is 0.0248. The molecular formula is C10H20N2O2S2. The van der Waals surface area contributed by atoms with Gasteiger partial charge < -0.3 is 5.73 Å². The normalized spacial score (nSPS) is 26.6. The van der Waals surface area contributed by atoms with E-state index in [9.17, 15) is 8.42 Å². The predicted octanol–water partition coefficient (Wildman–Crippen LogP) is 1.16. The van der Waals surface area contributed by atoms with Crippen molar-refractivity contribution < 1.29 is 8.42 Å². The first kappa shape index (κ1) is 13.9. The van der Waals surface area contributed by atoms with Gasteiger partial charge in [0.2, 0.25) is 10.0 Å². The first-order valence-corrected chi connectivity index (χ1v) is 7.40. The van der Waals surface area contributed by atoms with Crippen LogP contribution in [-0.2, 0) is 10.0 Å². The first-order chi connectivity index (χ1) is 7.14. The smallest absolute Gasteiger partial charge is 0.220 e. The van der Waals surface area contributed by atoms with Crippen molar-refractivity contribution in [2.75, 3.05) is 0 Å². The van der Waals surface area contributed by atoms with Gasteiger partial charge in [0.15, 0.2) is 0 Å².